The van der Waals surface area contributed by atoms with Crippen molar-refractivity contribution in [1.82, 2.24) is 0 Å². The zero-order chi connectivity index (χ0) is 11.4. The van der Waals surface area contributed by atoms with E-state index in [1.165, 1.54) is 4.88 Å². The molecule has 2 aromatic rings. The fourth-order valence-corrected chi connectivity index (χ4v) is 2.30. The largest absolute Gasteiger partial charge is 0.369 e. The second-order valence-electron chi connectivity index (χ2n) is 3.60. The highest BCUT2D eigenvalue weighted by atomic mass is 32.1. The Morgan fingerprint density at radius 2 is 2.19 bits per heavy atom. The molecule has 0 saturated carbocycles. The summed E-state index contributed by atoms with van der Waals surface area (Å²) in [5, 5.41) is 10.9. The molecule has 80 valence electrons. The normalized spacial score (nSPS) is 9.75. The summed E-state index contributed by atoms with van der Waals surface area (Å²) in [5.41, 5.74) is 1.78. The zero-order valence-electron chi connectivity index (χ0n) is 9.05. The summed E-state index contributed by atoms with van der Waals surface area (Å²) in [6.45, 7) is 0.881. The van der Waals surface area contributed by atoms with Gasteiger partial charge in [0.15, 0.2) is 0 Å². The van der Waals surface area contributed by atoms with Gasteiger partial charge >= 0.3 is 0 Å². The van der Waals surface area contributed by atoms with Crippen molar-refractivity contribution in [2.45, 2.75) is 6.54 Å². The van der Waals surface area contributed by atoms with E-state index in [0.717, 1.165) is 12.2 Å². The van der Waals surface area contributed by atoms with Crippen LogP contribution in [0.2, 0.25) is 0 Å². The van der Waals surface area contributed by atoms with E-state index in [-0.39, 0.29) is 0 Å². The van der Waals surface area contributed by atoms with Crippen molar-refractivity contribution in [2.75, 3.05) is 11.9 Å². The second kappa shape index (κ2) is 4.82. The van der Waals surface area contributed by atoms with E-state index in [1.54, 1.807) is 11.3 Å². The van der Waals surface area contributed by atoms with Crippen molar-refractivity contribution >= 4 is 17.0 Å². The topological polar surface area (TPSA) is 27.0 Å². The van der Waals surface area contributed by atoms with Crippen molar-refractivity contribution in [1.29, 1.82) is 5.26 Å². The summed E-state index contributed by atoms with van der Waals surface area (Å²) < 4.78 is 0. The van der Waals surface area contributed by atoms with Crippen LogP contribution in [0.1, 0.15) is 10.4 Å². The van der Waals surface area contributed by atoms with Crippen molar-refractivity contribution in [3.05, 3.63) is 52.2 Å². The number of rotatable bonds is 3. The molecule has 16 heavy (non-hydrogen) atoms. The zero-order valence-corrected chi connectivity index (χ0v) is 9.87. The molecule has 1 aromatic carbocycles. The number of nitrogens with zero attached hydrogens (tertiary/aromatic N) is 2. The van der Waals surface area contributed by atoms with E-state index in [4.69, 9.17) is 5.26 Å². The lowest BCUT2D eigenvalue weighted by atomic mass is 10.2. The Morgan fingerprint density at radius 1 is 1.31 bits per heavy atom. The molecule has 0 radical (unpaired) electrons. The first-order chi connectivity index (χ1) is 7.79. The summed E-state index contributed by atoms with van der Waals surface area (Å²) in [4.78, 5) is 3.47. The van der Waals surface area contributed by atoms with Gasteiger partial charge in [0.1, 0.15) is 0 Å². The van der Waals surface area contributed by atoms with Crippen LogP contribution in [0.3, 0.4) is 0 Å². The van der Waals surface area contributed by atoms with Gasteiger partial charge in [-0.15, -0.1) is 11.3 Å². The van der Waals surface area contributed by atoms with Crippen molar-refractivity contribution in [3.63, 3.8) is 0 Å². The van der Waals surface area contributed by atoms with E-state index >= 15 is 0 Å². The molecule has 0 bridgehead atoms. The van der Waals surface area contributed by atoms with E-state index in [0.29, 0.717) is 5.56 Å². The standard InChI is InChI=1S/C13H12N2S/c1-15(10-13-6-3-7-16-13)12-5-2-4-11(8-12)9-14/h2-8H,10H2,1H3. The SMILES string of the molecule is CN(Cc1cccs1)c1cccc(C#N)c1. The van der Waals surface area contributed by atoms with Gasteiger partial charge in [0.25, 0.3) is 0 Å². The highest BCUT2D eigenvalue weighted by molar-refractivity contribution is 7.09. The Bertz CT molecular complexity index is 497. The number of thiophene rings is 1. The molecule has 2 nitrogen and oxygen atoms in total. The summed E-state index contributed by atoms with van der Waals surface area (Å²) in [6, 6.07) is 14.0. The van der Waals surface area contributed by atoms with Crippen LogP contribution >= 0.6 is 11.3 Å². The minimum Gasteiger partial charge on any atom is -0.369 e. The van der Waals surface area contributed by atoms with Gasteiger partial charge in [-0.05, 0) is 29.6 Å². The van der Waals surface area contributed by atoms with Crippen LogP contribution in [-0.4, -0.2) is 7.05 Å². The summed E-state index contributed by atoms with van der Waals surface area (Å²) in [7, 11) is 2.04. The molecule has 0 unspecified atom stereocenters. The van der Waals surface area contributed by atoms with E-state index in [2.05, 4.69) is 28.5 Å². The highest BCUT2D eigenvalue weighted by Crippen LogP contribution is 2.18. The van der Waals surface area contributed by atoms with Crippen LogP contribution in [0, 0.1) is 11.3 Å². The van der Waals surface area contributed by atoms with E-state index in [9.17, 15) is 0 Å². The van der Waals surface area contributed by atoms with Crippen LogP contribution < -0.4 is 4.90 Å². The monoisotopic (exact) mass is 228 g/mol. The lowest BCUT2D eigenvalue weighted by Crippen LogP contribution is -2.15. The van der Waals surface area contributed by atoms with E-state index < -0.39 is 0 Å². The van der Waals surface area contributed by atoms with Crippen molar-refractivity contribution in [2.24, 2.45) is 0 Å². The first kappa shape index (κ1) is 10.7. The molecule has 0 aliphatic heterocycles. The highest BCUT2D eigenvalue weighted by Gasteiger charge is 2.03. The molecule has 0 atom stereocenters. The van der Waals surface area contributed by atoms with Crippen LogP contribution in [0.25, 0.3) is 0 Å². The minimum atomic E-state index is 0.704. The fraction of sp³-hybridized carbons (Fsp3) is 0.154. The number of hydrogen-bond acceptors (Lipinski definition) is 3. The van der Waals surface area contributed by atoms with Gasteiger partial charge in [-0.3, -0.25) is 0 Å². The molecule has 0 aliphatic carbocycles. The quantitative estimate of drug-likeness (QED) is 0.806. The predicted molar refractivity (Wildman–Crippen MR) is 67.6 cm³/mol. The van der Waals surface area contributed by atoms with Crippen LogP contribution in [0.4, 0.5) is 5.69 Å². The molecule has 3 heteroatoms. The average Bonchev–Trinajstić information content (AvgIpc) is 2.82. The van der Waals surface area contributed by atoms with E-state index in [1.807, 2.05) is 31.3 Å². The molecule has 1 aromatic heterocycles. The maximum Gasteiger partial charge on any atom is 0.0992 e. The molecule has 0 spiro atoms. The van der Waals surface area contributed by atoms with Gasteiger partial charge in [0, 0.05) is 17.6 Å². The Labute approximate surface area is 99.4 Å². The smallest absolute Gasteiger partial charge is 0.0992 e. The molecule has 1 heterocycles. The molecule has 0 amide bonds. The number of nitriles is 1. The third-order valence-electron chi connectivity index (χ3n) is 2.39. The summed E-state index contributed by atoms with van der Waals surface area (Å²) >= 11 is 1.75. The van der Waals surface area contributed by atoms with Crippen molar-refractivity contribution in [3.8, 4) is 6.07 Å². The molecular formula is C13H12N2S. The fourth-order valence-electron chi connectivity index (χ4n) is 1.54. The average molecular weight is 228 g/mol. The summed E-state index contributed by atoms with van der Waals surface area (Å²) in [5.74, 6) is 0. The second-order valence-corrected chi connectivity index (χ2v) is 4.63. The maximum absolute atomic E-state index is 8.83. The first-order valence-corrected chi connectivity index (χ1v) is 5.91. The molecular weight excluding hydrogens is 216 g/mol. The van der Waals surface area contributed by atoms with Gasteiger partial charge in [0.2, 0.25) is 0 Å². The predicted octanol–water partition coefficient (Wildman–Crippen LogP) is 3.26. The van der Waals surface area contributed by atoms with Crippen molar-refractivity contribution < 1.29 is 0 Å². The number of anilines is 1. The Kier molecular flexibility index (Phi) is 3.23. The Hall–Kier alpha value is -1.79. The van der Waals surface area contributed by atoms with Crippen LogP contribution in [0.15, 0.2) is 41.8 Å². The third kappa shape index (κ3) is 2.41. The van der Waals surface area contributed by atoms with Crippen LogP contribution in [0.5, 0.6) is 0 Å². The lowest BCUT2D eigenvalue weighted by molar-refractivity contribution is 0.940. The first-order valence-electron chi connectivity index (χ1n) is 5.03. The summed E-state index contributed by atoms with van der Waals surface area (Å²) in [6.07, 6.45) is 0. The van der Waals surface area contributed by atoms with Gasteiger partial charge < -0.3 is 4.90 Å². The van der Waals surface area contributed by atoms with Gasteiger partial charge in [-0.25, -0.2) is 0 Å². The maximum atomic E-state index is 8.83. The third-order valence-corrected chi connectivity index (χ3v) is 3.25. The molecule has 0 fully saturated rings. The molecule has 2 rings (SSSR count). The van der Waals surface area contributed by atoms with Crippen LogP contribution in [-0.2, 0) is 6.54 Å². The minimum absolute atomic E-state index is 0.704. The number of hydrogen-bond donors (Lipinski definition) is 0. The molecule has 0 aliphatic rings. The lowest BCUT2D eigenvalue weighted by Gasteiger charge is -2.18. The Morgan fingerprint density at radius 3 is 2.88 bits per heavy atom. The Balaban J connectivity index is 2.15. The number of benzene rings is 1. The molecule has 0 N–H and O–H groups in total. The molecule has 0 saturated heterocycles. The van der Waals surface area contributed by atoms with Gasteiger partial charge in [-0.2, -0.15) is 5.26 Å². The van der Waals surface area contributed by atoms with Gasteiger partial charge in [-0.1, -0.05) is 12.1 Å². The van der Waals surface area contributed by atoms with Gasteiger partial charge in [0.05, 0.1) is 18.2 Å².